The molecule has 1 aromatic heterocycles. The van der Waals surface area contributed by atoms with E-state index in [2.05, 4.69) is 5.10 Å². The van der Waals surface area contributed by atoms with Crippen molar-refractivity contribution in [3.05, 3.63) is 41.7 Å². The quantitative estimate of drug-likeness (QED) is 0.796. The molecule has 0 saturated heterocycles. The molecule has 2 aromatic rings. The maximum Gasteiger partial charge on any atom is 0.280 e. The molecule has 0 aliphatic carbocycles. The van der Waals surface area contributed by atoms with Crippen LogP contribution in [0.4, 0.5) is 8.78 Å². The Morgan fingerprint density at radius 3 is 2.50 bits per heavy atom. The summed E-state index contributed by atoms with van der Waals surface area (Å²) in [6, 6.07) is 6.70. The molecule has 0 atom stereocenters. The van der Waals surface area contributed by atoms with Gasteiger partial charge >= 0.3 is 0 Å². The first-order valence-electron chi connectivity index (χ1n) is 5.22. The SMILES string of the molecule is COc1ccc(-n2ncc(CCl)c2C(F)F)cc1. The molecule has 0 fully saturated rings. The molecule has 0 spiro atoms. The van der Waals surface area contributed by atoms with Crippen LogP contribution in [-0.2, 0) is 5.88 Å². The number of benzene rings is 1. The smallest absolute Gasteiger partial charge is 0.280 e. The van der Waals surface area contributed by atoms with Crippen molar-refractivity contribution in [2.45, 2.75) is 12.3 Å². The average Bonchev–Trinajstić information content (AvgIpc) is 2.82. The summed E-state index contributed by atoms with van der Waals surface area (Å²) < 4.78 is 32.2. The third-order valence-electron chi connectivity index (χ3n) is 2.55. The third-order valence-corrected chi connectivity index (χ3v) is 2.84. The molecule has 96 valence electrons. The number of nitrogens with zero attached hydrogens (tertiary/aromatic N) is 2. The number of aromatic nitrogens is 2. The minimum absolute atomic E-state index is 0.00975. The molecule has 0 saturated carbocycles. The van der Waals surface area contributed by atoms with Crippen LogP contribution < -0.4 is 4.74 Å². The van der Waals surface area contributed by atoms with E-state index in [0.717, 1.165) is 0 Å². The predicted octanol–water partition coefficient (Wildman–Crippen LogP) is 3.56. The molecule has 1 aromatic carbocycles. The zero-order chi connectivity index (χ0) is 13.1. The van der Waals surface area contributed by atoms with Crippen molar-refractivity contribution >= 4 is 11.6 Å². The molecule has 0 N–H and O–H groups in total. The Hall–Kier alpha value is -1.62. The van der Waals surface area contributed by atoms with Gasteiger partial charge in [-0.3, -0.25) is 0 Å². The maximum absolute atomic E-state index is 13.0. The van der Waals surface area contributed by atoms with E-state index in [9.17, 15) is 8.78 Å². The highest BCUT2D eigenvalue weighted by Gasteiger charge is 2.20. The van der Waals surface area contributed by atoms with E-state index >= 15 is 0 Å². The lowest BCUT2D eigenvalue weighted by Crippen LogP contribution is -2.04. The van der Waals surface area contributed by atoms with Gasteiger partial charge in [0.2, 0.25) is 0 Å². The van der Waals surface area contributed by atoms with Crippen molar-refractivity contribution in [3.8, 4) is 11.4 Å². The number of methoxy groups -OCH3 is 1. The molecule has 2 rings (SSSR count). The number of alkyl halides is 3. The van der Waals surface area contributed by atoms with Crippen LogP contribution in [0.25, 0.3) is 5.69 Å². The second kappa shape index (κ2) is 5.35. The highest BCUT2D eigenvalue weighted by atomic mass is 35.5. The highest BCUT2D eigenvalue weighted by Crippen LogP contribution is 2.27. The normalized spacial score (nSPS) is 10.9. The van der Waals surface area contributed by atoms with E-state index in [1.807, 2.05) is 0 Å². The zero-order valence-electron chi connectivity index (χ0n) is 9.61. The Morgan fingerprint density at radius 2 is 2.00 bits per heavy atom. The molecule has 0 aliphatic heterocycles. The van der Waals surface area contributed by atoms with Crippen LogP contribution in [0.3, 0.4) is 0 Å². The molecule has 6 heteroatoms. The van der Waals surface area contributed by atoms with Crippen LogP contribution in [0, 0.1) is 0 Å². The summed E-state index contributed by atoms with van der Waals surface area (Å²) in [7, 11) is 1.54. The predicted molar refractivity (Wildman–Crippen MR) is 64.6 cm³/mol. The second-order valence-electron chi connectivity index (χ2n) is 3.60. The van der Waals surface area contributed by atoms with Crippen LogP contribution in [0.5, 0.6) is 5.75 Å². The first-order valence-corrected chi connectivity index (χ1v) is 5.76. The van der Waals surface area contributed by atoms with Crippen molar-refractivity contribution in [2.24, 2.45) is 0 Å². The Kier molecular flexibility index (Phi) is 3.81. The molecule has 0 bridgehead atoms. The van der Waals surface area contributed by atoms with Gasteiger partial charge in [0.1, 0.15) is 11.4 Å². The first kappa shape index (κ1) is 12.8. The Bertz CT molecular complexity index is 525. The third kappa shape index (κ3) is 2.31. The van der Waals surface area contributed by atoms with Gasteiger partial charge in [0.15, 0.2) is 0 Å². The molecular weight excluding hydrogens is 262 g/mol. The Morgan fingerprint density at radius 1 is 1.33 bits per heavy atom. The van der Waals surface area contributed by atoms with Crippen molar-refractivity contribution in [1.29, 1.82) is 0 Å². The fraction of sp³-hybridized carbons (Fsp3) is 0.250. The molecule has 3 nitrogen and oxygen atoms in total. The van der Waals surface area contributed by atoms with Gasteiger partial charge in [0.05, 0.1) is 24.9 Å². The number of hydrogen-bond donors (Lipinski definition) is 0. The summed E-state index contributed by atoms with van der Waals surface area (Å²) in [5, 5.41) is 3.95. The molecular formula is C12H11ClF2N2O. The average molecular weight is 273 g/mol. The number of halogens is 3. The van der Waals surface area contributed by atoms with Crippen molar-refractivity contribution in [2.75, 3.05) is 7.11 Å². The van der Waals surface area contributed by atoms with Gasteiger partial charge < -0.3 is 4.74 Å². The van der Waals surface area contributed by atoms with Gasteiger partial charge in [-0.2, -0.15) is 5.10 Å². The van der Waals surface area contributed by atoms with Gasteiger partial charge in [-0.1, -0.05) is 0 Å². The molecule has 0 amide bonds. The van der Waals surface area contributed by atoms with E-state index in [0.29, 0.717) is 17.0 Å². The summed E-state index contributed by atoms with van der Waals surface area (Å²) in [5.74, 6) is 0.664. The van der Waals surface area contributed by atoms with Crippen molar-refractivity contribution < 1.29 is 13.5 Å². The fourth-order valence-corrected chi connectivity index (χ4v) is 1.86. The number of ether oxygens (including phenoxy) is 1. The second-order valence-corrected chi connectivity index (χ2v) is 3.87. The van der Waals surface area contributed by atoms with E-state index < -0.39 is 6.43 Å². The van der Waals surface area contributed by atoms with Crippen molar-refractivity contribution in [1.82, 2.24) is 9.78 Å². The molecule has 18 heavy (non-hydrogen) atoms. The molecule has 0 unspecified atom stereocenters. The number of rotatable bonds is 4. The standard InChI is InChI=1S/C12H11ClF2N2O/c1-18-10-4-2-9(3-5-10)17-11(12(14)15)8(6-13)7-16-17/h2-5,7,12H,6H2,1H3. The molecule has 0 radical (unpaired) electrons. The zero-order valence-corrected chi connectivity index (χ0v) is 10.4. The summed E-state index contributed by atoms with van der Waals surface area (Å²) in [5.41, 5.74) is 0.708. The number of hydrogen-bond acceptors (Lipinski definition) is 2. The fourth-order valence-electron chi connectivity index (χ4n) is 1.66. The van der Waals surface area contributed by atoms with Crippen LogP contribution in [0.2, 0.25) is 0 Å². The minimum Gasteiger partial charge on any atom is -0.497 e. The Labute approximate surface area is 108 Å². The van der Waals surface area contributed by atoms with Crippen LogP contribution in [0.15, 0.2) is 30.5 Å². The highest BCUT2D eigenvalue weighted by molar-refractivity contribution is 6.17. The van der Waals surface area contributed by atoms with Gasteiger partial charge in [-0.25, -0.2) is 13.5 Å². The van der Waals surface area contributed by atoms with Gasteiger partial charge in [-0.05, 0) is 24.3 Å². The summed E-state index contributed by atoms with van der Waals surface area (Å²) in [6.07, 6.45) is -1.26. The molecule has 0 aliphatic rings. The lowest BCUT2D eigenvalue weighted by atomic mass is 10.2. The lowest BCUT2D eigenvalue weighted by Gasteiger charge is -2.08. The maximum atomic E-state index is 13.0. The summed E-state index contributed by atoms with van der Waals surface area (Å²) in [4.78, 5) is 0. The van der Waals surface area contributed by atoms with Crippen LogP contribution in [0.1, 0.15) is 17.7 Å². The summed E-state index contributed by atoms with van der Waals surface area (Å²) in [6.45, 7) is 0. The topological polar surface area (TPSA) is 27.1 Å². The summed E-state index contributed by atoms with van der Waals surface area (Å²) >= 11 is 5.62. The van der Waals surface area contributed by atoms with E-state index in [1.165, 1.54) is 10.9 Å². The lowest BCUT2D eigenvalue weighted by molar-refractivity contribution is 0.142. The Balaban J connectivity index is 2.46. The van der Waals surface area contributed by atoms with E-state index in [1.54, 1.807) is 31.4 Å². The van der Waals surface area contributed by atoms with E-state index in [-0.39, 0.29) is 11.6 Å². The van der Waals surface area contributed by atoms with E-state index in [4.69, 9.17) is 16.3 Å². The van der Waals surface area contributed by atoms with Gasteiger partial charge in [-0.15, -0.1) is 11.6 Å². The van der Waals surface area contributed by atoms with Crippen LogP contribution in [-0.4, -0.2) is 16.9 Å². The van der Waals surface area contributed by atoms with Crippen molar-refractivity contribution in [3.63, 3.8) is 0 Å². The minimum atomic E-state index is -2.62. The monoisotopic (exact) mass is 272 g/mol. The first-order chi connectivity index (χ1) is 8.67. The van der Waals surface area contributed by atoms with Gasteiger partial charge in [0.25, 0.3) is 6.43 Å². The van der Waals surface area contributed by atoms with Crippen LogP contribution >= 0.6 is 11.6 Å². The molecule has 1 heterocycles. The van der Waals surface area contributed by atoms with Gasteiger partial charge in [0, 0.05) is 5.56 Å². The largest absolute Gasteiger partial charge is 0.497 e.